The van der Waals surface area contributed by atoms with Crippen LogP contribution in [-0.4, -0.2) is 57.1 Å². The second-order valence-electron chi connectivity index (χ2n) is 10.2. The summed E-state index contributed by atoms with van der Waals surface area (Å²) in [5, 5.41) is 9.90. The Morgan fingerprint density at radius 3 is 2.24 bits per heavy atom. The number of carboxylic acid groups (broad SMARTS) is 1. The van der Waals surface area contributed by atoms with Crippen molar-refractivity contribution < 1.29 is 24.2 Å². The van der Waals surface area contributed by atoms with E-state index in [1.807, 2.05) is 54.6 Å². The Bertz CT molecular complexity index is 1060. The van der Waals surface area contributed by atoms with E-state index in [1.165, 1.54) is 9.80 Å². The van der Waals surface area contributed by atoms with E-state index in [9.17, 15) is 19.5 Å². The maximum atomic E-state index is 13.8. The van der Waals surface area contributed by atoms with Gasteiger partial charge in [-0.1, -0.05) is 54.6 Å². The van der Waals surface area contributed by atoms with E-state index >= 15 is 0 Å². The molecule has 180 valence electrons. The summed E-state index contributed by atoms with van der Waals surface area (Å²) in [5.41, 5.74) is 2.32. The van der Waals surface area contributed by atoms with Crippen molar-refractivity contribution in [2.45, 2.75) is 64.3 Å². The number of likely N-dealkylation sites (tertiary alicyclic amines) is 1. The van der Waals surface area contributed by atoms with Gasteiger partial charge in [0.05, 0.1) is 0 Å². The fourth-order valence-electron chi connectivity index (χ4n) is 4.94. The average Bonchev–Trinajstić information content (AvgIpc) is 3.21. The summed E-state index contributed by atoms with van der Waals surface area (Å²) in [5.74, 6) is -1.29. The topological polar surface area (TPSA) is 87.2 Å². The Balaban J connectivity index is 1.60. The lowest BCUT2D eigenvalue weighted by molar-refractivity contribution is -0.153. The minimum Gasteiger partial charge on any atom is -0.480 e. The molecule has 1 saturated heterocycles. The number of carbonyl (C=O) groups excluding carboxylic acids is 2. The van der Waals surface area contributed by atoms with E-state index < -0.39 is 29.7 Å². The Labute approximate surface area is 200 Å². The predicted molar refractivity (Wildman–Crippen MR) is 127 cm³/mol. The monoisotopic (exact) mass is 464 g/mol. The SMILES string of the molecule is CC(C)(C)OC(=O)N1C[C@@H](Cc2ccccc2)C[C@@H]1C(=O)N1Cc2ccccc2C[C@@H]1C(=O)O. The van der Waals surface area contributed by atoms with Crippen LogP contribution < -0.4 is 0 Å². The Morgan fingerprint density at radius 2 is 1.59 bits per heavy atom. The third-order valence-corrected chi connectivity index (χ3v) is 6.48. The maximum Gasteiger partial charge on any atom is 0.410 e. The molecule has 0 spiro atoms. The molecule has 34 heavy (non-hydrogen) atoms. The largest absolute Gasteiger partial charge is 0.480 e. The van der Waals surface area contributed by atoms with Crippen LogP contribution in [0.3, 0.4) is 0 Å². The molecule has 3 atom stereocenters. The van der Waals surface area contributed by atoms with Crippen LogP contribution in [0.4, 0.5) is 4.79 Å². The molecule has 2 amide bonds. The molecule has 1 fully saturated rings. The summed E-state index contributed by atoms with van der Waals surface area (Å²) in [6.07, 6.45) is 0.918. The van der Waals surface area contributed by atoms with Gasteiger partial charge in [-0.3, -0.25) is 9.69 Å². The van der Waals surface area contributed by atoms with Crippen molar-refractivity contribution in [2.24, 2.45) is 5.92 Å². The molecular formula is C27H32N2O5. The molecule has 7 nitrogen and oxygen atoms in total. The van der Waals surface area contributed by atoms with Gasteiger partial charge in [-0.25, -0.2) is 9.59 Å². The zero-order valence-electron chi connectivity index (χ0n) is 19.9. The van der Waals surface area contributed by atoms with Crippen LogP contribution in [-0.2, 0) is 33.7 Å². The number of aliphatic carboxylic acids is 1. The highest BCUT2D eigenvalue weighted by molar-refractivity contribution is 5.90. The summed E-state index contributed by atoms with van der Waals surface area (Å²) in [7, 11) is 0. The van der Waals surface area contributed by atoms with Crippen LogP contribution in [0.2, 0.25) is 0 Å². The fourth-order valence-corrected chi connectivity index (χ4v) is 4.94. The molecule has 2 aliphatic heterocycles. The number of benzene rings is 2. The molecule has 7 heteroatoms. The van der Waals surface area contributed by atoms with Gasteiger partial charge in [-0.15, -0.1) is 0 Å². The molecule has 0 radical (unpaired) electrons. The third-order valence-electron chi connectivity index (χ3n) is 6.48. The van der Waals surface area contributed by atoms with Gasteiger partial charge in [0.25, 0.3) is 0 Å². The van der Waals surface area contributed by atoms with Gasteiger partial charge >= 0.3 is 12.1 Å². The van der Waals surface area contributed by atoms with Crippen molar-refractivity contribution in [3.8, 4) is 0 Å². The second kappa shape index (κ2) is 9.49. The highest BCUT2D eigenvalue weighted by Crippen LogP contribution is 2.32. The molecule has 1 N–H and O–H groups in total. The highest BCUT2D eigenvalue weighted by atomic mass is 16.6. The zero-order chi connectivity index (χ0) is 24.5. The lowest BCUT2D eigenvalue weighted by Crippen LogP contribution is -2.55. The van der Waals surface area contributed by atoms with E-state index in [1.54, 1.807) is 20.8 Å². The Kier molecular flexibility index (Phi) is 6.64. The van der Waals surface area contributed by atoms with Gasteiger partial charge in [-0.05, 0) is 56.2 Å². The first-order valence-electron chi connectivity index (χ1n) is 11.8. The van der Waals surface area contributed by atoms with Crippen molar-refractivity contribution in [3.05, 3.63) is 71.3 Å². The first-order valence-corrected chi connectivity index (χ1v) is 11.8. The van der Waals surface area contributed by atoms with Crippen molar-refractivity contribution >= 4 is 18.0 Å². The van der Waals surface area contributed by atoms with E-state index in [4.69, 9.17) is 4.74 Å². The average molecular weight is 465 g/mol. The van der Waals surface area contributed by atoms with Crippen LogP contribution in [0, 0.1) is 5.92 Å². The molecular weight excluding hydrogens is 432 g/mol. The Morgan fingerprint density at radius 1 is 0.941 bits per heavy atom. The van der Waals surface area contributed by atoms with Gasteiger partial charge in [-0.2, -0.15) is 0 Å². The van der Waals surface area contributed by atoms with Crippen LogP contribution in [0.25, 0.3) is 0 Å². The number of hydrogen-bond donors (Lipinski definition) is 1. The van der Waals surface area contributed by atoms with Gasteiger partial charge in [0, 0.05) is 19.5 Å². The maximum absolute atomic E-state index is 13.8. The van der Waals surface area contributed by atoms with Crippen molar-refractivity contribution in [1.82, 2.24) is 9.80 Å². The van der Waals surface area contributed by atoms with Gasteiger partial charge in [0.15, 0.2) is 0 Å². The van der Waals surface area contributed by atoms with Gasteiger partial charge in [0.2, 0.25) is 5.91 Å². The lowest BCUT2D eigenvalue weighted by atomic mass is 9.92. The molecule has 0 saturated carbocycles. The first-order chi connectivity index (χ1) is 16.1. The Hall–Kier alpha value is -3.35. The van der Waals surface area contributed by atoms with E-state index in [2.05, 4.69) is 0 Å². The van der Waals surface area contributed by atoms with Crippen LogP contribution in [0.1, 0.15) is 43.9 Å². The minimum atomic E-state index is -1.04. The van der Waals surface area contributed by atoms with Crippen LogP contribution in [0.5, 0.6) is 0 Å². The van der Waals surface area contributed by atoms with Crippen LogP contribution >= 0.6 is 0 Å². The fraction of sp³-hybridized carbons (Fsp3) is 0.444. The molecule has 2 aliphatic rings. The molecule has 0 aliphatic carbocycles. The standard InChI is InChI=1S/C27H32N2O5/c1-27(2,3)34-26(33)29-16-19(13-18-9-5-4-6-10-18)14-22(29)24(30)28-17-21-12-8-7-11-20(21)15-23(28)25(31)32/h4-12,19,22-23H,13-17H2,1-3H3,(H,31,32)/t19-,22+,23+/m0/s1. The third kappa shape index (κ3) is 5.24. The van der Waals surface area contributed by atoms with E-state index in [-0.39, 0.29) is 24.8 Å². The summed E-state index contributed by atoms with van der Waals surface area (Å²) >= 11 is 0. The van der Waals surface area contributed by atoms with Crippen molar-refractivity contribution in [1.29, 1.82) is 0 Å². The normalized spacial score (nSPS) is 22.3. The van der Waals surface area contributed by atoms with Crippen molar-refractivity contribution in [2.75, 3.05) is 6.54 Å². The number of carbonyl (C=O) groups is 3. The summed E-state index contributed by atoms with van der Waals surface area (Å²) in [4.78, 5) is 41.9. The van der Waals surface area contributed by atoms with Gasteiger partial charge in [0.1, 0.15) is 17.7 Å². The van der Waals surface area contributed by atoms with Crippen LogP contribution in [0.15, 0.2) is 54.6 Å². The smallest absolute Gasteiger partial charge is 0.410 e. The molecule has 0 unspecified atom stereocenters. The summed E-state index contributed by atoms with van der Waals surface area (Å²) < 4.78 is 5.62. The quantitative estimate of drug-likeness (QED) is 0.742. The molecule has 0 aromatic heterocycles. The molecule has 2 heterocycles. The number of amides is 2. The molecule has 2 aromatic rings. The first kappa shape index (κ1) is 23.8. The summed E-state index contributed by atoms with van der Waals surface area (Å²) in [6, 6.07) is 15.9. The highest BCUT2D eigenvalue weighted by Gasteiger charge is 2.46. The van der Waals surface area contributed by atoms with E-state index in [0.29, 0.717) is 13.0 Å². The van der Waals surface area contributed by atoms with E-state index in [0.717, 1.165) is 23.1 Å². The number of ether oxygens (including phenoxy) is 1. The molecule has 0 bridgehead atoms. The number of nitrogens with zero attached hydrogens (tertiary/aromatic N) is 2. The molecule has 4 rings (SSSR count). The number of fused-ring (bicyclic) bond motifs is 1. The van der Waals surface area contributed by atoms with Crippen molar-refractivity contribution in [3.63, 3.8) is 0 Å². The second-order valence-corrected chi connectivity index (χ2v) is 10.2. The molecule has 2 aromatic carbocycles. The summed E-state index contributed by atoms with van der Waals surface area (Å²) in [6.45, 7) is 5.99. The van der Waals surface area contributed by atoms with Gasteiger partial charge < -0.3 is 14.7 Å². The number of carboxylic acids is 1. The number of rotatable bonds is 4. The predicted octanol–water partition coefficient (Wildman–Crippen LogP) is 3.89. The number of hydrogen-bond acceptors (Lipinski definition) is 4. The minimum absolute atomic E-state index is 0.0734. The lowest BCUT2D eigenvalue weighted by Gasteiger charge is -2.37. The zero-order valence-corrected chi connectivity index (χ0v) is 19.9.